The average Bonchev–Trinajstić information content (AvgIpc) is 2.45. The summed E-state index contributed by atoms with van der Waals surface area (Å²) >= 11 is 0. The molecule has 0 aromatic heterocycles. The molecule has 0 fully saturated rings. The van der Waals surface area contributed by atoms with Crippen molar-refractivity contribution in [2.24, 2.45) is 0 Å². The molecule has 0 radical (unpaired) electrons. The Labute approximate surface area is 123 Å². The van der Waals surface area contributed by atoms with Gasteiger partial charge in [0.05, 0.1) is 30.1 Å². The number of hydrogen-bond acceptors (Lipinski definition) is 5. The molecule has 0 aliphatic heterocycles. The number of aliphatic hydroxyl groups excluding tert-OH is 2. The monoisotopic (exact) mass is 317 g/mol. The van der Waals surface area contributed by atoms with Crippen molar-refractivity contribution in [3.63, 3.8) is 0 Å². The quantitative estimate of drug-likeness (QED) is 0.523. The van der Waals surface area contributed by atoms with Crippen molar-refractivity contribution in [1.82, 2.24) is 4.72 Å². The molecule has 0 aliphatic rings. The lowest BCUT2D eigenvalue weighted by Gasteiger charge is -2.29. The number of benzene rings is 1. The number of rotatable bonds is 8. The molecule has 7 nitrogen and oxygen atoms in total. The van der Waals surface area contributed by atoms with Crippen LogP contribution in [0.3, 0.4) is 0 Å². The number of hydrogen-bond donors (Lipinski definition) is 4. The van der Waals surface area contributed by atoms with Crippen LogP contribution in [0.15, 0.2) is 29.2 Å². The molecule has 0 spiro atoms. The highest BCUT2D eigenvalue weighted by atomic mass is 32.2. The van der Waals surface area contributed by atoms with Crippen molar-refractivity contribution in [1.29, 1.82) is 0 Å². The van der Waals surface area contributed by atoms with Crippen LogP contribution in [0.2, 0.25) is 0 Å². The summed E-state index contributed by atoms with van der Waals surface area (Å²) in [6.45, 7) is 0.581. The van der Waals surface area contributed by atoms with Crippen molar-refractivity contribution < 1.29 is 28.5 Å². The van der Waals surface area contributed by atoms with Gasteiger partial charge in [0, 0.05) is 0 Å². The van der Waals surface area contributed by atoms with Gasteiger partial charge in [0.15, 0.2) is 0 Å². The molecule has 0 heterocycles. The highest BCUT2D eigenvalue weighted by Gasteiger charge is 2.32. The third kappa shape index (κ3) is 4.50. The fraction of sp³-hybridized carbons (Fsp3) is 0.462. The fourth-order valence-corrected chi connectivity index (χ4v) is 3.17. The summed E-state index contributed by atoms with van der Waals surface area (Å²) in [5, 5.41) is 27.2. The summed E-state index contributed by atoms with van der Waals surface area (Å²) in [4.78, 5) is 10.5. The Hall–Kier alpha value is -1.48. The van der Waals surface area contributed by atoms with Crippen LogP contribution in [-0.4, -0.2) is 48.5 Å². The Balaban J connectivity index is 3.00. The number of carbonyl (C=O) groups is 1. The molecular formula is C13H19NO6S. The van der Waals surface area contributed by atoms with Gasteiger partial charge in [0.1, 0.15) is 0 Å². The zero-order valence-corrected chi connectivity index (χ0v) is 12.4. The van der Waals surface area contributed by atoms with E-state index in [1.54, 1.807) is 6.92 Å². The van der Waals surface area contributed by atoms with Gasteiger partial charge in [-0.1, -0.05) is 19.1 Å². The van der Waals surface area contributed by atoms with Crippen LogP contribution in [0, 0.1) is 0 Å². The molecule has 0 bridgehead atoms. The average molecular weight is 317 g/mol. The summed E-state index contributed by atoms with van der Waals surface area (Å²) in [5.74, 6) is -1.01. The second-order valence-electron chi connectivity index (χ2n) is 4.77. The summed E-state index contributed by atoms with van der Waals surface area (Å²) in [6.07, 6.45) is 0.0241. The standard InChI is InChI=1S/C13H19NO6S/c1-2-13(8-15,9-16)14-21(19,20)11-5-3-10(4-6-11)7-12(17)18/h3-6,14-16H,2,7-9H2,1H3,(H,17,18). The number of nitrogens with one attached hydrogen (secondary N) is 1. The first-order chi connectivity index (χ1) is 9.78. The molecule has 4 N–H and O–H groups in total. The van der Waals surface area contributed by atoms with Crippen molar-refractivity contribution in [2.75, 3.05) is 13.2 Å². The first-order valence-electron chi connectivity index (χ1n) is 6.35. The van der Waals surface area contributed by atoms with Crippen LogP contribution < -0.4 is 4.72 Å². The van der Waals surface area contributed by atoms with Gasteiger partial charge in [-0.2, -0.15) is 0 Å². The van der Waals surface area contributed by atoms with Crippen LogP contribution in [0.5, 0.6) is 0 Å². The molecule has 0 saturated carbocycles. The lowest BCUT2D eigenvalue weighted by Crippen LogP contribution is -2.53. The number of sulfonamides is 1. The first-order valence-corrected chi connectivity index (χ1v) is 7.83. The van der Waals surface area contributed by atoms with Gasteiger partial charge in [0.25, 0.3) is 0 Å². The van der Waals surface area contributed by atoms with E-state index in [0.29, 0.717) is 5.56 Å². The molecule has 118 valence electrons. The Kier molecular flexibility index (Phi) is 5.85. The zero-order chi connectivity index (χ0) is 16.1. The number of carboxylic acids is 1. The maximum atomic E-state index is 12.2. The van der Waals surface area contributed by atoms with E-state index in [1.807, 2.05) is 0 Å². The van der Waals surface area contributed by atoms with Gasteiger partial charge in [-0.05, 0) is 24.1 Å². The van der Waals surface area contributed by atoms with E-state index >= 15 is 0 Å². The molecule has 0 unspecified atom stereocenters. The summed E-state index contributed by atoms with van der Waals surface area (Å²) in [7, 11) is -3.92. The van der Waals surface area contributed by atoms with Crippen molar-refractivity contribution in [3.05, 3.63) is 29.8 Å². The molecule has 8 heteroatoms. The molecule has 0 saturated heterocycles. The second-order valence-corrected chi connectivity index (χ2v) is 6.45. The van der Waals surface area contributed by atoms with E-state index in [-0.39, 0.29) is 17.7 Å². The van der Waals surface area contributed by atoms with Crippen LogP contribution in [0.4, 0.5) is 0 Å². The molecule has 0 atom stereocenters. The van der Waals surface area contributed by atoms with Gasteiger partial charge in [-0.3, -0.25) is 4.79 Å². The highest BCUT2D eigenvalue weighted by Crippen LogP contribution is 2.16. The maximum Gasteiger partial charge on any atom is 0.307 e. The summed E-state index contributed by atoms with van der Waals surface area (Å²) in [6, 6.07) is 5.40. The minimum Gasteiger partial charge on any atom is -0.481 e. The third-order valence-corrected chi connectivity index (χ3v) is 4.82. The molecule has 21 heavy (non-hydrogen) atoms. The Morgan fingerprint density at radius 1 is 1.19 bits per heavy atom. The molecular weight excluding hydrogens is 298 g/mol. The second kappa shape index (κ2) is 6.99. The highest BCUT2D eigenvalue weighted by molar-refractivity contribution is 7.89. The van der Waals surface area contributed by atoms with E-state index in [0.717, 1.165) is 0 Å². The zero-order valence-electron chi connectivity index (χ0n) is 11.6. The topological polar surface area (TPSA) is 124 Å². The Morgan fingerprint density at radius 3 is 2.10 bits per heavy atom. The van der Waals surface area contributed by atoms with Crippen molar-refractivity contribution in [2.45, 2.75) is 30.2 Å². The minimum atomic E-state index is -3.92. The summed E-state index contributed by atoms with van der Waals surface area (Å²) in [5.41, 5.74) is -0.842. The van der Waals surface area contributed by atoms with Gasteiger partial charge in [-0.25, -0.2) is 13.1 Å². The lowest BCUT2D eigenvalue weighted by atomic mass is 10.0. The Morgan fingerprint density at radius 2 is 1.71 bits per heavy atom. The molecule has 0 aliphatic carbocycles. The summed E-state index contributed by atoms with van der Waals surface area (Å²) < 4.78 is 26.7. The third-order valence-electron chi connectivity index (χ3n) is 3.22. The van der Waals surface area contributed by atoms with E-state index < -0.39 is 34.7 Å². The fourth-order valence-electron chi connectivity index (χ4n) is 1.72. The molecule has 1 rings (SSSR count). The van der Waals surface area contributed by atoms with E-state index in [2.05, 4.69) is 4.72 Å². The number of aliphatic hydroxyl groups is 2. The Bertz CT molecular complexity index is 569. The number of aliphatic carboxylic acids is 1. The van der Waals surface area contributed by atoms with Crippen molar-refractivity contribution >= 4 is 16.0 Å². The minimum absolute atomic E-state index is 0.0589. The van der Waals surface area contributed by atoms with Crippen LogP contribution in [0.25, 0.3) is 0 Å². The largest absolute Gasteiger partial charge is 0.481 e. The van der Waals surface area contributed by atoms with Gasteiger partial charge >= 0.3 is 5.97 Å². The smallest absolute Gasteiger partial charge is 0.307 e. The van der Waals surface area contributed by atoms with Crippen LogP contribution >= 0.6 is 0 Å². The van der Waals surface area contributed by atoms with Gasteiger partial charge in [-0.15, -0.1) is 0 Å². The van der Waals surface area contributed by atoms with E-state index in [1.165, 1.54) is 24.3 Å². The van der Waals surface area contributed by atoms with Crippen LogP contribution in [-0.2, 0) is 21.2 Å². The van der Waals surface area contributed by atoms with Crippen LogP contribution in [0.1, 0.15) is 18.9 Å². The van der Waals surface area contributed by atoms with Gasteiger partial charge in [0.2, 0.25) is 10.0 Å². The normalized spacial score (nSPS) is 12.3. The van der Waals surface area contributed by atoms with E-state index in [4.69, 9.17) is 5.11 Å². The number of carboxylic acid groups (broad SMARTS) is 1. The molecule has 1 aromatic carbocycles. The predicted octanol–water partition coefficient (Wildman–Crippen LogP) is -0.275. The van der Waals surface area contributed by atoms with Gasteiger partial charge < -0.3 is 15.3 Å². The molecule has 1 aromatic rings. The predicted molar refractivity (Wildman–Crippen MR) is 75.3 cm³/mol. The SMILES string of the molecule is CCC(CO)(CO)NS(=O)(=O)c1ccc(CC(=O)O)cc1. The molecule has 0 amide bonds. The van der Waals surface area contributed by atoms with Crippen molar-refractivity contribution in [3.8, 4) is 0 Å². The van der Waals surface area contributed by atoms with E-state index in [9.17, 15) is 23.4 Å². The maximum absolute atomic E-state index is 12.2. The first kappa shape index (κ1) is 17.6. The lowest BCUT2D eigenvalue weighted by molar-refractivity contribution is -0.136.